The van der Waals surface area contributed by atoms with Gasteiger partial charge in [0.05, 0.1) is 24.1 Å². The lowest BCUT2D eigenvalue weighted by molar-refractivity contribution is -0.173. The molecule has 0 aliphatic carbocycles. The molecule has 0 spiro atoms. The maximum Gasteiger partial charge on any atom is 0.459 e. The number of nitrogens with zero attached hydrogens (tertiary/aromatic N) is 4. The molecule has 0 saturated carbocycles. The van der Waals surface area contributed by atoms with Crippen LogP contribution >= 0.6 is 7.75 Å². The maximum atomic E-state index is 14.6. The lowest BCUT2D eigenvalue weighted by Crippen LogP contribution is -2.50. The summed E-state index contributed by atoms with van der Waals surface area (Å²) >= 11 is 0. The minimum absolute atomic E-state index is 0.116. The summed E-state index contributed by atoms with van der Waals surface area (Å²) < 4.78 is 56.8. The van der Waals surface area contributed by atoms with Gasteiger partial charge in [0.25, 0.3) is 0 Å². The lowest BCUT2D eigenvalue weighted by atomic mass is 9.95. The van der Waals surface area contributed by atoms with Crippen molar-refractivity contribution in [3.8, 4) is 11.8 Å². The normalized spacial score (nSPS) is 23.6. The number of ether oxygens (including phenoxy) is 5. The van der Waals surface area contributed by atoms with Crippen molar-refractivity contribution in [2.75, 3.05) is 32.2 Å². The van der Waals surface area contributed by atoms with E-state index in [2.05, 4.69) is 15.2 Å². The molecule has 2 aliphatic heterocycles. The predicted molar refractivity (Wildman–Crippen MR) is 187 cm³/mol. The Hall–Kier alpha value is -4.59. The average Bonchev–Trinajstić information content (AvgIpc) is 3.70. The molecular weight excluding hydrogens is 711 g/mol. The highest BCUT2D eigenvalue weighted by Gasteiger charge is 2.62. The minimum Gasteiger partial charge on any atom is -0.464 e. The first-order valence-electron chi connectivity index (χ1n) is 17.4. The Morgan fingerprint density at radius 3 is 2.38 bits per heavy atom. The fourth-order valence-corrected chi connectivity index (χ4v) is 7.20. The molecule has 17 nitrogen and oxygen atoms in total. The van der Waals surface area contributed by atoms with Gasteiger partial charge in [-0.15, -0.1) is 0 Å². The van der Waals surface area contributed by atoms with E-state index in [1.807, 2.05) is 6.07 Å². The van der Waals surface area contributed by atoms with E-state index in [0.29, 0.717) is 18.7 Å². The Bertz CT molecular complexity index is 1840. The van der Waals surface area contributed by atoms with Crippen LogP contribution in [0.1, 0.15) is 59.3 Å². The first-order valence-corrected chi connectivity index (χ1v) is 18.9. The van der Waals surface area contributed by atoms with E-state index >= 15 is 0 Å². The predicted octanol–water partition coefficient (Wildman–Crippen LogP) is 3.93. The zero-order chi connectivity index (χ0) is 38.3. The molecule has 5 rings (SSSR count). The number of hydrogen-bond donors (Lipinski definition) is 2. The monoisotopic (exact) mass is 756 g/mol. The lowest BCUT2D eigenvalue weighted by Gasteiger charge is -2.31. The molecule has 2 saturated heterocycles. The smallest absolute Gasteiger partial charge is 0.459 e. The molecule has 286 valence electrons. The van der Waals surface area contributed by atoms with Crippen molar-refractivity contribution in [2.24, 2.45) is 17.8 Å². The van der Waals surface area contributed by atoms with Gasteiger partial charge in [0.1, 0.15) is 42.4 Å². The van der Waals surface area contributed by atoms with Gasteiger partial charge >= 0.3 is 25.7 Å². The van der Waals surface area contributed by atoms with Crippen LogP contribution in [-0.2, 0) is 47.2 Å². The summed E-state index contributed by atoms with van der Waals surface area (Å²) in [4.78, 5) is 43.4. The van der Waals surface area contributed by atoms with Gasteiger partial charge < -0.3 is 33.9 Å². The fourth-order valence-electron chi connectivity index (χ4n) is 5.68. The minimum atomic E-state index is -4.58. The molecule has 3 N–H and O–H groups in total. The van der Waals surface area contributed by atoms with E-state index in [4.69, 9.17) is 38.5 Å². The Balaban J connectivity index is 1.49. The Morgan fingerprint density at radius 1 is 1.04 bits per heavy atom. The van der Waals surface area contributed by atoms with Crippen molar-refractivity contribution in [3.05, 3.63) is 54.5 Å². The molecule has 18 heteroatoms. The summed E-state index contributed by atoms with van der Waals surface area (Å²) in [7, 11) is -4.58. The van der Waals surface area contributed by atoms with Crippen molar-refractivity contribution in [1.82, 2.24) is 19.7 Å². The SMILES string of the molecule is CC(C)C(=O)O[C@H]1[C@H](c2ccc3c(N)ncnn23)O[C@](C#N)(COP(=O)(NC(C)C(=O)OCC2CCOCC2)Oc2ccccc2)[C@H]1OC(=O)C(C)C. The average molecular weight is 757 g/mol. The van der Waals surface area contributed by atoms with Crippen LogP contribution < -0.4 is 15.3 Å². The van der Waals surface area contributed by atoms with Gasteiger partial charge in [-0.3, -0.25) is 18.9 Å². The van der Waals surface area contributed by atoms with Crippen LogP contribution in [0.15, 0.2) is 48.8 Å². The summed E-state index contributed by atoms with van der Waals surface area (Å²) in [5.74, 6) is -3.04. The molecule has 2 aliphatic rings. The number of benzene rings is 1. The van der Waals surface area contributed by atoms with Crippen LogP contribution in [0.5, 0.6) is 5.75 Å². The number of nitrogen functional groups attached to an aromatic ring is 1. The number of nitrogens with one attached hydrogen (secondary N) is 1. The number of para-hydroxylation sites is 1. The number of nitrogens with two attached hydrogens (primary N) is 1. The third kappa shape index (κ3) is 9.32. The van der Waals surface area contributed by atoms with E-state index in [1.54, 1.807) is 58.0 Å². The Kier molecular flexibility index (Phi) is 12.7. The van der Waals surface area contributed by atoms with Crippen LogP contribution in [0, 0.1) is 29.1 Å². The molecule has 2 fully saturated rings. The fraction of sp³-hybridized carbons (Fsp3) is 0.543. The molecule has 6 atom stereocenters. The van der Waals surface area contributed by atoms with Crippen LogP contribution in [0.25, 0.3) is 5.52 Å². The topological polar surface area (TPSA) is 225 Å². The van der Waals surface area contributed by atoms with Gasteiger partial charge in [-0.05, 0) is 49.9 Å². The number of hydrogen-bond acceptors (Lipinski definition) is 15. The van der Waals surface area contributed by atoms with E-state index in [-0.39, 0.29) is 29.8 Å². The number of carbonyl (C=O) groups excluding carboxylic acids is 3. The highest BCUT2D eigenvalue weighted by Crippen LogP contribution is 2.50. The second-order valence-corrected chi connectivity index (χ2v) is 15.2. The summed E-state index contributed by atoms with van der Waals surface area (Å²) in [6.45, 7) is 8.27. The number of fused-ring (bicyclic) bond motifs is 1. The van der Waals surface area contributed by atoms with E-state index in [0.717, 1.165) is 12.8 Å². The summed E-state index contributed by atoms with van der Waals surface area (Å²) in [6.07, 6.45) is -1.64. The number of carbonyl (C=O) groups is 3. The second kappa shape index (κ2) is 17.0. The Labute approximate surface area is 306 Å². The van der Waals surface area contributed by atoms with Gasteiger partial charge in [0.15, 0.2) is 18.0 Å². The van der Waals surface area contributed by atoms with E-state index in [9.17, 15) is 24.2 Å². The number of aromatic nitrogens is 3. The van der Waals surface area contributed by atoms with Gasteiger partial charge in [-0.2, -0.15) is 15.4 Å². The van der Waals surface area contributed by atoms with Gasteiger partial charge in [0, 0.05) is 13.2 Å². The zero-order valence-corrected chi connectivity index (χ0v) is 31.1. The van der Waals surface area contributed by atoms with Crippen molar-refractivity contribution in [1.29, 1.82) is 5.26 Å². The van der Waals surface area contributed by atoms with Crippen LogP contribution in [0.4, 0.5) is 5.82 Å². The van der Waals surface area contributed by atoms with Crippen molar-refractivity contribution in [3.63, 3.8) is 0 Å². The molecular formula is C35H45N6O11P. The molecule has 53 heavy (non-hydrogen) atoms. The molecule has 2 aromatic heterocycles. The molecule has 1 aromatic carbocycles. The largest absolute Gasteiger partial charge is 0.464 e. The molecule has 2 unspecified atom stereocenters. The molecule has 0 bridgehead atoms. The number of anilines is 1. The van der Waals surface area contributed by atoms with E-state index in [1.165, 1.54) is 29.9 Å². The molecule has 0 amide bonds. The molecule has 0 radical (unpaired) electrons. The van der Waals surface area contributed by atoms with Gasteiger partial charge in [0.2, 0.25) is 5.60 Å². The second-order valence-electron chi connectivity index (χ2n) is 13.5. The number of nitriles is 1. The van der Waals surface area contributed by atoms with Crippen LogP contribution in [0.3, 0.4) is 0 Å². The highest BCUT2D eigenvalue weighted by molar-refractivity contribution is 7.52. The first-order chi connectivity index (χ1) is 25.3. The van der Waals surface area contributed by atoms with Crippen molar-refractivity contribution >= 4 is 37.0 Å². The van der Waals surface area contributed by atoms with E-state index < -0.39 is 74.1 Å². The quantitative estimate of drug-likeness (QED) is 0.127. The van der Waals surface area contributed by atoms with Gasteiger partial charge in [-0.1, -0.05) is 45.9 Å². The number of rotatable bonds is 15. The van der Waals surface area contributed by atoms with Crippen molar-refractivity contribution < 1.29 is 51.7 Å². The summed E-state index contributed by atoms with van der Waals surface area (Å²) in [6, 6.07) is 12.1. The zero-order valence-electron chi connectivity index (χ0n) is 30.2. The van der Waals surface area contributed by atoms with Crippen LogP contribution in [0.2, 0.25) is 0 Å². The third-order valence-electron chi connectivity index (χ3n) is 8.75. The summed E-state index contributed by atoms with van der Waals surface area (Å²) in [5.41, 5.74) is 4.49. The van der Waals surface area contributed by atoms with Crippen LogP contribution in [-0.4, -0.2) is 82.8 Å². The standard InChI is InChI=1S/C35H45N6O11P/c1-21(2)32(42)49-29-28(26-11-12-27-31(37)38-20-39-41(26)27)51-35(18-36,30(29)50-33(43)22(3)4)19-48-53(45,52-25-9-7-6-8-10-25)40-23(5)34(44)47-17-24-13-15-46-16-14-24/h6-12,20-24,28-30H,13-17,19H2,1-5H3,(H,40,45)(H2,37,38,39)/t23?,28-,29-,30-,35+,53?/m0/s1. The molecule has 3 aromatic rings. The maximum absolute atomic E-state index is 14.6. The Morgan fingerprint density at radius 2 is 1.72 bits per heavy atom. The highest BCUT2D eigenvalue weighted by atomic mass is 31.2. The number of esters is 3. The summed E-state index contributed by atoms with van der Waals surface area (Å²) in [5, 5.41) is 17.7. The van der Waals surface area contributed by atoms with Crippen molar-refractivity contribution in [2.45, 2.75) is 77.4 Å². The third-order valence-corrected chi connectivity index (χ3v) is 10.4. The van der Waals surface area contributed by atoms with Gasteiger partial charge in [-0.25, -0.2) is 14.1 Å². The first kappa shape index (κ1) is 39.6. The molecule has 4 heterocycles.